The molecule has 0 spiro atoms. The highest BCUT2D eigenvalue weighted by Gasteiger charge is 2.50. The Labute approximate surface area is 337 Å². The van der Waals surface area contributed by atoms with Crippen LogP contribution in [0.5, 0.6) is 0 Å². The van der Waals surface area contributed by atoms with Crippen LogP contribution >= 0.6 is 35.2 Å². The monoisotopic (exact) mass is 914 g/mol. The zero-order valence-corrected chi connectivity index (χ0v) is 34.4. The van der Waals surface area contributed by atoms with Gasteiger partial charge in [0.1, 0.15) is 36.3 Å². The van der Waals surface area contributed by atoms with Crippen LogP contribution in [-0.2, 0) is 45.9 Å². The summed E-state index contributed by atoms with van der Waals surface area (Å²) < 4.78 is 62.1. The molecule has 0 bridgehead atoms. The summed E-state index contributed by atoms with van der Waals surface area (Å²) in [6, 6.07) is 5.99. The second kappa shape index (κ2) is 19.8. The zero-order chi connectivity index (χ0) is 43.9. The van der Waals surface area contributed by atoms with E-state index in [4.69, 9.17) is 25.3 Å². The lowest BCUT2D eigenvalue weighted by molar-refractivity contribution is -0.137. The minimum Gasteiger partial charge on any atom is -0.386 e. The number of rotatable bonds is 21. The molecular formula is C29H41N8O18P3S. The smallest absolute Gasteiger partial charge is 0.386 e. The third-order valence-corrected chi connectivity index (χ3v) is 12.1. The minimum atomic E-state index is -5.59. The van der Waals surface area contributed by atoms with E-state index < -0.39 is 95.6 Å². The third-order valence-electron chi connectivity index (χ3n) is 8.15. The van der Waals surface area contributed by atoms with Crippen LogP contribution < -0.4 is 22.1 Å². The van der Waals surface area contributed by atoms with Gasteiger partial charge >= 0.3 is 23.5 Å². The summed E-state index contributed by atoms with van der Waals surface area (Å²) in [4.78, 5) is 99.7. The highest BCUT2D eigenvalue weighted by atomic mass is 32.2. The summed E-state index contributed by atoms with van der Waals surface area (Å²) in [6.07, 6.45) is -7.10. The molecule has 3 amide bonds. The van der Waals surface area contributed by atoms with E-state index in [0.717, 1.165) is 29.0 Å². The normalized spacial score (nSPS) is 21.0. The van der Waals surface area contributed by atoms with E-state index in [-0.39, 0.29) is 53.4 Å². The number of hydrogen-bond acceptors (Lipinski definition) is 19. The SMILES string of the molecule is CC(C)(COP(=O)(O)OP(=O)(O)OC[C@H]1O[C@@H](n2cnc3c(N)ncnc32)[C@H](O)[C@@H]1OP(=O)(O)O)[C@@H](O)C(=O)NCCC(=O)NCCSC(=O)c1ccccc1C(N)=O. The molecule has 2 aromatic heterocycles. The topological polar surface area (TPSA) is 407 Å². The number of nitrogens with one attached hydrogen (secondary N) is 2. The van der Waals surface area contributed by atoms with Crippen LogP contribution in [-0.4, -0.2) is 129 Å². The molecule has 4 rings (SSSR count). The Balaban J connectivity index is 1.22. The number of carbonyl (C=O) groups is 4. The number of nitrogens with two attached hydrogens (primary N) is 2. The van der Waals surface area contributed by atoms with Gasteiger partial charge in [0, 0.05) is 36.2 Å². The van der Waals surface area contributed by atoms with E-state index in [1.54, 1.807) is 12.1 Å². The number of nitrogens with zero attached hydrogens (tertiary/aromatic N) is 4. The van der Waals surface area contributed by atoms with Crippen molar-refractivity contribution in [2.75, 3.05) is 37.8 Å². The number of thioether (sulfide) groups is 1. The number of amides is 3. The van der Waals surface area contributed by atoms with Gasteiger partial charge in [-0.3, -0.25) is 37.3 Å². The fraction of sp³-hybridized carbons (Fsp3) is 0.483. The number of benzene rings is 1. The molecule has 1 saturated heterocycles. The molecular weight excluding hydrogens is 873 g/mol. The van der Waals surface area contributed by atoms with Gasteiger partial charge in [0.15, 0.2) is 17.7 Å². The number of hydrogen-bond donors (Lipinski definition) is 10. The Morgan fingerprint density at radius 1 is 1.00 bits per heavy atom. The number of carbonyl (C=O) groups excluding carboxylic acids is 4. The molecule has 1 aliphatic rings. The van der Waals surface area contributed by atoms with Gasteiger partial charge in [0.25, 0.3) is 0 Å². The van der Waals surface area contributed by atoms with Crippen molar-refractivity contribution < 1.29 is 85.3 Å². The molecule has 1 fully saturated rings. The van der Waals surface area contributed by atoms with E-state index in [9.17, 15) is 62.7 Å². The van der Waals surface area contributed by atoms with Crippen molar-refractivity contribution >= 4 is 75.0 Å². The van der Waals surface area contributed by atoms with Gasteiger partial charge in [-0.05, 0) is 12.1 Å². The first-order valence-corrected chi connectivity index (χ1v) is 22.4. The van der Waals surface area contributed by atoms with E-state index in [2.05, 4.69) is 34.4 Å². The number of aliphatic hydroxyl groups excluding tert-OH is 2. The summed E-state index contributed by atoms with van der Waals surface area (Å²) in [5.74, 6) is -2.20. The molecule has 3 aromatic rings. The van der Waals surface area contributed by atoms with E-state index in [0.29, 0.717) is 0 Å². The van der Waals surface area contributed by atoms with Crippen molar-refractivity contribution in [3.05, 3.63) is 48.0 Å². The Morgan fingerprint density at radius 2 is 1.66 bits per heavy atom. The second-order valence-corrected chi connectivity index (χ2v) is 18.4. The number of fused-ring (bicyclic) bond motifs is 1. The number of aliphatic hydroxyl groups is 2. The Kier molecular flexibility index (Phi) is 16.0. The van der Waals surface area contributed by atoms with Gasteiger partial charge in [-0.25, -0.2) is 28.6 Å². The van der Waals surface area contributed by atoms with Gasteiger partial charge in [-0.2, -0.15) is 4.31 Å². The Bertz CT molecular complexity index is 2170. The molecule has 59 heavy (non-hydrogen) atoms. The summed E-state index contributed by atoms with van der Waals surface area (Å²) in [7, 11) is -16.5. The van der Waals surface area contributed by atoms with Crippen LogP contribution in [0, 0.1) is 5.41 Å². The first kappa shape index (κ1) is 47.9. The predicted octanol–water partition coefficient (Wildman–Crippen LogP) is -0.923. The summed E-state index contributed by atoms with van der Waals surface area (Å²) >= 11 is 0.847. The quantitative estimate of drug-likeness (QED) is 0.0456. The van der Waals surface area contributed by atoms with Crippen LogP contribution in [0.4, 0.5) is 5.82 Å². The standard InChI is InChI=1S/C29H41N8O18P3S/c1-29(2,22(40)26(42)33-8-7-18(38)32-9-10-59-28(43)16-6-4-3-5-15(16)24(31)41)12-52-58(49,50)55-57(47,48)51-11-17-21(54-56(44,45)46)20(39)27(53-17)37-14-36-19-23(30)34-13-35-25(19)37/h3-6,13-14,17,20-22,27,39-40H,7-12H2,1-2H3,(H2,31,41)(H,32,38)(H,33,42)(H,47,48)(H,49,50)(H2,30,34,35)(H2,44,45,46)/t17-,20-,21-,22+,27-/m1/s1. The Morgan fingerprint density at radius 3 is 2.32 bits per heavy atom. The summed E-state index contributed by atoms with van der Waals surface area (Å²) in [5.41, 5.74) is 9.68. The number of anilines is 1. The van der Waals surface area contributed by atoms with Crippen molar-refractivity contribution in [3.8, 4) is 0 Å². The second-order valence-electron chi connectivity index (χ2n) is 13.1. The van der Waals surface area contributed by atoms with Gasteiger partial charge in [-0.15, -0.1) is 0 Å². The van der Waals surface area contributed by atoms with Gasteiger partial charge < -0.3 is 56.6 Å². The maximum absolute atomic E-state index is 12.7. The predicted molar refractivity (Wildman–Crippen MR) is 201 cm³/mol. The fourth-order valence-electron chi connectivity index (χ4n) is 5.23. The number of phosphoric ester groups is 3. The van der Waals surface area contributed by atoms with Gasteiger partial charge in [0.2, 0.25) is 22.8 Å². The molecule has 26 nitrogen and oxygen atoms in total. The molecule has 0 aliphatic carbocycles. The molecule has 7 atom stereocenters. The first-order chi connectivity index (χ1) is 27.4. The summed E-state index contributed by atoms with van der Waals surface area (Å²) in [5, 5.41) is 25.9. The van der Waals surface area contributed by atoms with Crippen LogP contribution in [0.2, 0.25) is 0 Å². The van der Waals surface area contributed by atoms with Crippen LogP contribution in [0.25, 0.3) is 11.2 Å². The lowest BCUT2D eigenvalue weighted by Crippen LogP contribution is -2.46. The van der Waals surface area contributed by atoms with Crippen molar-refractivity contribution in [1.29, 1.82) is 0 Å². The molecule has 30 heteroatoms. The largest absolute Gasteiger partial charge is 0.481 e. The zero-order valence-electron chi connectivity index (χ0n) is 30.9. The van der Waals surface area contributed by atoms with Gasteiger partial charge in [-0.1, -0.05) is 37.7 Å². The highest BCUT2D eigenvalue weighted by molar-refractivity contribution is 8.14. The molecule has 12 N–H and O–H groups in total. The van der Waals surface area contributed by atoms with E-state index in [1.165, 1.54) is 26.0 Å². The number of imidazole rings is 1. The highest BCUT2D eigenvalue weighted by Crippen LogP contribution is 2.61. The van der Waals surface area contributed by atoms with Crippen molar-refractivity contribution in [1.82, 2.24) is 30.2 Å². The van der Waals surface area contributed by atoms with Crippen LogP contribution in [0.15, 0.2) is 36.9 Å². The van der Waals surface area contributed by atoms with Crippen molar-refractivity contribution in [2.24, 2.45) is 11.1 Å². The molecule has 1 aromatic carbocycles. The lowest BCUT2D eigenvalue weighted by atomic mass is 9.87. The van der Waals surface area contributed by atoms with Crippen molar-refractivity contribution in [2.45, 2.75) is 50.9 Å². The molecule has 2 unspecified atom stereocenters. The molecule has 326 valence electrons. The molecule has 1 aliphatic heterocycles. The van der Waals surface area contributed by atoms with Gasteiger partial charge in [0.05, 0.1) is 25.1 Å². The van der Waals surface area contributed by atoms with Crippen molar-refractivity contribution in [3.63, 3.8) is 0 Å². The number of nitrogen functional groups attached to an aromatic ring is 1. The first-order valence-electron chi connectivity index (χ1n) is 16.9. The van der Waals surface area contributed by atoms with Crippen LogP contribution in [0.1, 0.15) is 47.2 Å². The fourth-order valence-corrected chi connectivity index (χ4v) is 8.78. The number of phosphoric acid groups is 3. The summed E-state index contributed by atoms with van der Waals surface area (Å²) in [6.45, 7) is 0.191. The number of primary amides is 1. The van der Waals surface area contributed by atoms with E-state index >= 15 is 0 Å². The van der Waals surface area contributed by atoms with E-state index in [1.807, 2.05) is 0 Å². The third kappa shape index (κ3) is 13.4. The molecule has 0 radical (unpaired) electrons. The van der Waals surface area contributed by atoms with Crippen LogP contribution in [0.3, 0.4) is 0 Å². The maximum atomic E-state index is 12.7. The average Bonchev–Trinajstić information content (AvgIpc) is 3.71. The average molecular weight is 915 g/mol. The molecule has 0 saturated carbocycles. The lowest BCUT2D eigenvalue weighted by Gasteiger charge is -2.30. The minimum absolute atomic E-state index is 0.0199. The number of ether oxygens (including phenoxy) is 1. The Hall–Kier alpha value is -3.75. The maximum Gasteiger partial charge on any atom is 0.481 e. The molecule has 3 heterocycles. The number of aromatic nitrogens is 4.